The van der Waals surface area contributed by atoms with E-state index in [0.717, 1.165) is 23.4 Å². The molecule has 106 valence electrons. The molecule has 0 amide bonds. The fraction of sp³-hybridized carbons (Fsp3) is 0.533. The standard InChI is InChI=1S/C15H25N3O/c1-10(2)9-18(11(3)4)14-12(5)7-6-8-13(14)15(16)17-19/h6-8,10-11,19H,9H2,1-5H3,(H2,16,17). The third-order valence-corrected chi connectivity index (χ3v) is 3.09. The fourth-order valence-corrected chi connectivity index (χ4v) is 2.25. The number of rotatable bonds is 5. The van der Waals surface area contributed by atoms with Crippen LogP contribution in [0.3, 0.4) is 0 Å². The number of para-hydroxylation sites is 1. The summed E-state index contributed by atoms with van der Waals surface area (Å²) in [6.45, 7) is 11.7. The summed E-state index contributed by atoms with van der Waals surface area (Å²) in [6, 6.07) is 6.24. The van der Waals surface area contributed by atoms with Crippen molar-refractivity contribution in [2.75, 3.05) is 11.4 Å². The average Bonchev–Trinajstić information content (AvgIpc) is 2.34. The summed E-state index contributed by atoms with van der Waals surface area (Å²) in [7, 11) is 0. The Labute approximate surface area is 115 Å². The monoisotopic (exact) mass is 263 g/mol. The van der Waals surface area contributed by atoms with E-state index < -0.39 is 0 Å². The maximum atomic E-state index is 8.95. The van der Waals surface area contributed by atoms with E-state index in [1.807, 2.05) is 12.1 Å². The number of nitrogens with zero attached hydrogens (tertiary/aromatic N) is 2. The van der Waals surface area contributed by atoms with Crippen LogP contribution in [0.25, 0.3) is 0 Å². The predicted molar refractivity (Wildman–Crippen MR) is 81.0 cm³/mol. The molecule has 0 unspecified atom stereocenters. The molecule has 0 spiro atoms. The Morgan fingerprint density at radius 2 is 1.95 bits per heavy atom. The van der Waals surface area contributed by atoms with E-state index in [1.165, 1.54) is 0 Å². The smallest absolute Gasteiger partial charge is 0.172 e. The number of benzene rings is 1. The van der Waals surface area contributed by atoms with Crippen LogP contribution in [0.15, 0.2) is 23.4 Å². The molecule has 3 N–H and O–H groups in total. The van der Waals surface area contributed by atoms with E-state index in [-0.39, 0.29) is 5.84 Å². The second-order valence-corrected chi connectivity index (χ2v) is 5.60. The van der Waals surface area contributed by atoms with Crippen molar-refractivity contribution in [1.82, 2.24) is 0 Å². The van der Waals surface area contributed by atoms with Crippen molar-refractivity contribution in [3.8, 4) is 0 Å². The molecule has 0 aliphatic rings. The van der Waals surface area contributed by atoms with Gasteiger partial charge in [0.15, 0.2) is 5.84 Å². The second-order valence-electron chi connectivity index (χ2n) is 5.60. The Bertz CT molecular complexity index is 453. The first kappa shape index (κ1) is 15.3. The van der Waals surface area contributed by atoms with E-state index in [9.17, 15) is 0 Å². The number of oxime groups is 1. The van der Waals surface area contributed by atoms with Crippen molar-refractivity contribution in [2.45, 2.75) is 40.7 Å². The summed E-state index contributed by atoms with van der Waals surface area (Å²) < 4.78 is 0. The van der Waals surface area contributed by atoms with E-state index >= 15 is 0 Å². The Hall–Kier alpha value is -1.71. The first-order valence-corrected chi connectivity index (χ1v) is 6.72. The SMILES string of the molecule is Cc1cccc(/C(N)=N/O)c1N(CC(C)C)C(C)C. The van der Waals surface area contributed by atoms with Gasteiger partial charge in [-0.15, -0.1) is 0 Å². The van der Waals surface area contributed by atoms with E-state index in [0.29, 0.717) is 12.0 Å². The molecule has 0 saturated carbocycles. The molecule has 0 radical (unpaired) electrons. The van der Waals surface area contributed by atoms with Gasteiger partial charge >= 0.3 is 0 Å². The third kappa shape index (κ3) is 3.63. The molecule has 4 nitrogen and oxygen atoms in total. The van der Waals surface area contributed by atoms with E-state index in [4.69, 9.17) is 10.9 Å². The van der Waals surface area contributed by atoms with Crippen LogP contribution >= 0.6 is 0 Å². The molecule has 0 bridgehead atoms. The molecule has 1 aromatic carbocycles. The minimum absolute atomic E-state index is 0.160. The highest BCUT2D eigenvalue weighted by Gasteiger charge is 2.19. The maximum Gasteiger partial charge on any atom is 0.172 e. The lowest BCUT2D eigenvalue weighted by atomic mass is 10.0. The highest BCUT2D eigenvalue weighted by molar-refractivity contribution is 6.02. The van der Waals surface area contributed by atoms with E-state index in [2.05, 4.69) is 50.7 Å². The van der Waals surface area contributed by atoms with Crippen molar-refractivity contribution in [1.29, 1.82) is 0 Å². The van der Waals surface area contributed by atoms with Crippen molar-refractivity contribution in [3.63, 3.8) is 0 Å². The van der Waals surface area contributed by atoms with Crippen LogP contribution in [0.2, 0.25) is 0 Å². The summed E-state index contributed by atoms with van der Waals surface area (Å²) in [5.41, 5.74) is 8.79. The van der Waals surface area contributed by atoms with Crippen LogP contribution < -0.4 is 10.6 Å². The van der Waals surface area contributed by atoms with Gasteiger partial charge in [0, 0.05) is 18.2 Å². The highest BCUT2D eigenvalue weighted by atomic mass is 16.4. The van der Waals surface area contributed by atoms with Crippen LogP contribution in [0.5, 0.6) is 0 Å². The van der Waals surface area contributed by atoms with Gasteiger partial charge in [-0.2, -0.15) is 0 Å². The molecule has 0 aliphatic heterocycles. The summed E-state index contributed by atoms with van der Waals surface area (Å²) >= 11 is 0. The highest BCUT2D eigenvalue weighted by Crippen LogP contribution is 2.27. The zero-order valence-electron chi connectivity index (χ0n) is 12.5. The Kier molecular flexibility index (Phi) is 5.21. The van der Waals surface area contributed by atoms with Gasteiger partial charge in [-0.05, 0) is 38.3 Å². The van der Waals surface area contributed by atoms with Crippen molar-refractivity contribution < 1.29 is 5.21 Å². The van der Waals surface area contributed by atoms with Gasteiger partial charge in [0.1, 0.15) is 0 Å². The molecule has 1 rings (SSSR count). The zero-order chi connectivity index (χ0) is 14.6. The molecule has 0 fully saturated rings. The van der Waals surface area contributed by atoms with Crippen LogP contribution in [0.1, 0.15) is 38.8 Å². The number of aryl methyl sites for hydroxylation is 1. The topological polar surface area (TPSA) is 61.9 Å². The van der Waals surface area contributed by atoms with Gasteiger partial charge in [0.2, 0.25) is 0 Å². The van der Waals surface area contributed by atoms with Gasteiger partial charge in [-0.25, -0.2) is 0 Å². The van der Waals surface area contributed by atoms with Crippen LogP contribution in [0, 0.1) is 12.8 Å². The Balaban J connectivity index is 3.36. The van der Waals surface area contributed by atoms with E-state index in [1.54, 1.807) is 0 Å². The summed E-state index contributed by atoms with van der Waals surface area (Å²) in [5, 5.41) is 12.1. The number of amidine groups is 1. The minimum Gasteiger partial charge on any atom is -0.409 e. The Morgan fingerprint density at radius 3 is 2.42 bits per heavy atom. The van der Waals surface area contributed by atoms with Crippen LogP contribution in [-0.2, 0) is 0 Å². The third-order valence-electron chi connectivity index (χ3n) is 3.09. The largest absolute Gasteiger partial charge is 0.409 e. The van der Waals surface area contributed by atoms with Gasteiger partial charge in [-0.3, -0.25) is 0 Å². The van der Waals surface area contributed by atoms with Gasteiger partial charge in [0.25, 0.3) is 0 Å². The molecule has 4 heteroatoms. The van der Waals surface area contributed by atoms with Crippen LogP contribution in [0.4, 0.5) is 5.69 Å². The minimum atomic E-state index is 0.160. The fourth-order valence-electron chi connectivity index (χ4n) is 2.25. The number of hydrogen-bond acceptors (Lipinski definition) is 3. The molecular weight excluding hydrogens is 238 g/mol. The normalized spacial score (nSPS) is 12.3. The maximum absolute atomic E-state index is 8.95. The number of nitrogens with two attached hydrogens (primary N) is 1. The predicted octanol–water partition coefficient (Wildman–Crippen LogP) is 2.96. The van der Waals surface area contributed by atoms with Crippen LogP contribution in [-0.4, -0.2) is 23.6 Å². The molecule has 1 aromatic rings. The molecule has 0 aliphatic carbocycles. The summed E-state index contributed by atoms with van der Waals surface area (Å²) in [5.74, 6) is 0.704. The molecule has 19 heavy (non-hydrogen) atoms. The van der Waals surface area contributed by atoms with Gasteiger partial charge in [0.05, 0.1) is 5.69 Å². The zero-order valence-corrected chi connectivity index (χ0v) is 12.5. The first-order chi connectivity index (χ1) is 8.88. The molecule has 0 heterocycles. The quantitative estimate of drug-likeness (QED) is 0.371. The number of anilines is 1. The second kappa shape index (κ2) is 6.45. The van der Waals surface area contributed by atoms with Crippen molar-refractivity contribution >= 4 is 11.5 Å². The molecule has 0 atom stereocenters. The molecular formula is C15H25N3O. The number of hydrogen-bond donors (Lipinski definition) is 2. The van der Waals surface area contributed by atoms with Gasteiger partial charge < -0.3 is 15.8 Å². The molecule has 0 saturated heterocycles. The summed E-state index contributed by atoms with van der Waals surface area (Å²) in [4.78, 5) is 2.31. The van der Waals surface area contributed by atoms with Gasteiger partial charge in [-0.1, -0.05) is 31.1 Å². The lowest BCUT2D eigenvalue weighted by Gasteiger charge is -2.33. The summed E-state index contributed by atoms with van der Waals surface area (Å²) in [6.07, 6.45) is 0. The lowest BCUT2D eigenvalue weighted by molar-refractivity contribution is 0.318. The average molecular weight is 263 g/mol. The first-order valence-electron chi connectivity index (χ1n) is 6.72. The Morgan fingerprint density at radius 1 is 1.32 bits per heavy atom. The lowest BCUT2D eigenvalue weighted by Crippen LogP contribution is -2.36. The van der Waals surface area contributed by atoms with Crippen molar-refractivity contribution in [2.24, 2.45) is 16.8 Å². The molecule has 0 aromatic heterocycles. The van der Waals surface area contributed by atoms with Crippen molar-refractivity contribution in [3.05, 3.63) is 29.3 Å².